The van der Waals surface area contributed by atoms with Crippen LogP contribution in [0.1, 0.15) is 56.9 Å². The quantitative estimate of drug-likeness (QED) is 0.359. The molecule has 2 aromatic carbocycles. The van der Waals surface area contributed by atoms with Crippen molar-refractivity contribution in [3.05, 3.63) is 66.2 Å². The van der Waals surface area contributed by atoms with E-state index in [2.05, 4.69) is 24.5 Å². The van der Waals surface area contributed by atoms with E-state index in [0.29, 0.717) is 4.48 Å². The van der Waals surface area contributed by atoms with Crippen LogP contribution in [0.25, 0.3) is 0 Å². The van der Waals surface area contributed by atoms with Crippen LogP contribution in [-0.4, -0.2) is 48.6 Å². The second-order valence-corrected chi connectivity index (χ2v) is 10.8. The van der Waals surface area contributed by atoms with Gasteiger partial charge >= 0.3 is 5.97 Å². The normalized spacial score (nSPS) is 29.3. The summed E-state index contributed by atoms with van der Waals surface area (Å²) < 4.78 is 7.14. The fraction of sp³-hybridized carbons (Fsp3) is 0.517. The average Bonchev–Trinajstić information content (AvgIpc) is 3.12. The first kappa shape index (κ1) is 25.9. The van der Waals surface area contributed by atoms with Gasteiger partial charge in [-0.25, -0.2) is 0 Å². The van der Waals surface area contributed by atoms with Crippen LogP contribution in [0.3, 0.4) is 0 Å². The highest BCUT2D eigenvalue weighted by molar-refractivity contribution is 5.95. The van der Waals surface area contributed by atoms with E-state index in [-0.39, 0.29) is 46.9 Å². The second-order valence-electron chi connectivity index (χ2n) is 10.8. The highest BCUT2D eigenvalue weighted by Crippen LogP contribution is 2.44. The SMILES string of the molecule is C[N+]12CCC(CC1)[C@@H](OC(=O)C1(c3ccccc3)CCCCCC1)C2C(=O)Nc1ccccc1.[Br-]. The molecule has 5 nitrogen and oxygen atoms in total. The van der Waals surface area contributed by atoms with Gasteiger partial charge in [0.05, 0.1) is 25.6 Å². The van der Waals surface area contributed by atoms with Gasteiger partial charge in [0.15, 0.2) is 6.10 Å². The smallest absolute Gasteiger partial charge is 0.317 e. The molecule has 35 heavy (non-hydrogen) atoms. The van der Waals surface area contributed by atoms with Gasteiger partial charge in [0.1, 0.15) is 0 Å². The number of fused-ring (bicyclic) bond motifs is 3. The van der Waals surface area contributed by atoms with Crippen LogP contribution in [0, 0.1) is 5.92 Å². The predicted molar refractivity (Wildman–Crippen MR) is 133 cm³/mol. The molecule has 2 aromatic rings. The van der Waals surface area contributed by atoms with Gasteiger partial charge in [0, 0.05) is 24.4 Å². The largest absolute Gasteiger partial charge is 1.00 e. The van der Waals surface area contributed by atoms with Crippen LogP contribution in [0.15, 0.2) is 60.7 Å². The summed E-state index contributed by atoms with van der Waals surface area (Å²) in [6, 6.07) is 19.4. The molecule has 3 aliphatic heterocycles. The molecule has 4 aliphatic rings. The van der Waals surface area contributed by atoms with Crippen molar-refractivity contribution in [1.82, 2.24) is 0 Å². The molecule has 1 amide bonds. The van der Waals surface area contributed by atoms with Gasteiger partial charge < -0.3 is 31.5 Å². The van der Waals surface area contributed by atoms with Gasteiger partial charge in [0.25, 0.3) is 5.91 Å². The number of ether oxygens (including phenoxy) is 1. The standard InChI is InChI=1S/C29H36N2O3.BrH/c1-31-20-16-22(17-21-31)26(25(31)27(32)30-24-14-8-5-9-15-24)34-28(33)29(18-10-2-3-11-19-29)23-12-6-4-7-13-23;/h4-9,12-15,22,25-26H,2-3,10-11,16-21H2,1H3;1H/t22?,25?,26-,31?;/m1./s1. The molecular formula is C29H37BrN2O3. The number of nitrogens with zero attached hydrogens (tertiary/aromatic N) is 1. The number of halogens is 1. The minimum Gasteiger partial charge on any atom is -1.00 e. The van der Waals surface area contributed by atoms with Crippen LogP contribution < -0.4 is 22.3 Å². The summed E-state index contributed by atoms with van der Waals surface area (Å²) in [6.45, 7) is 1.91. The van der Waals surface area contributed by atoms with Gasteiger partial charge in [-0.15, -0.1) is 0 Å². The molecule has 0 aromatic heterocycles. The van der Waals surface area contributed by atoms with Crippen molar-refractivity contribution < 1.29 is 35.8 Å². The number of hydrogen-bond acceptors (Lipinski definition) is 3. The summed E-state index contributed by atoms with van der Waals surface area (Å²) in [5, 5.41) is 3.11. The molecule has 0 radical (unpaired) electrons. The number of esters is 1. The third-order valence-corrected chi connectivity index (χ3v) is 8.70. The van der Waals surface area contributed by atoms with E-state index in [1.165, 1.54) is 0 Å². The van der Waals surface area contributed by atoms with Gasteiger partial charge in [-0.1, -0.05) is 74.2 Å². The Balaban J connectivity index is 0.00000289. The van der Waals surface area contributed by atoms with Crippen LogP contribution in [0.5, 0.6) is 0 Å². The van der Waals surface area contributed by atoms with Crippen molar-refractivity contribution in [3.8, 4) is 0 Å². The summed E-state index contributed by atoms with van der Waals surface area (Å²) in [4.78, 5) is 27.7. The lowest BCUT2D eigenvalue weighted by atomic mass is 9.73. The van der Waals surface area contributed by atoms with Gasteiger partial charge in [-0.2, -0.15) is 0 Å². The number of rotatable bonds is 5. The lowest BCUT2D eigenvalue weighted by Crippen LogP contribution is -3.00. The zero-order valence-corrected chi connectivity index (χ0v) is 22.2. The van der Waals surface area contributed by atoms with E-state index in [1.54, 1.807) is 0 Å². The molecule has 3 heterocycles. The van der Waals surface area contributed by atoms with Gasteiger partial charge in [0.2, 0.25) is 6.04 Å². The van der Waals surface area contributed by atoms with Crippen LogP contribution in [0.2, 0.25) is 0 Å². The van der Waals surface area contributed by atoms with Crippen molar-refractivity contribution in [3.63, 3.8) is 0 Å². The Kier molecular flexibility index (Phi) is 8.02. The zero-order valence-electron chi connectivity index (χ0n) is 20.6. The molecule has 3 saturated heterocycles. The molecule has 2 atom stereocenters. The number of carbonyl (C=O) groups excluding carboxylic acids is 2. The van der Waals surface area contributed by atoms with E-state index in [9.17, 15) is 9.59 Å². The highest BCUT2D eigenvalue weighted by Gasteiger charge is 2.58. The summed E-state index contributed by atoms with van der Waals surface area (Å²) in [5.74, 6) is 0.0861. The Morgan fingerprint density at radius 3 is 2.06 bits per heavy atom. The van der Waals surface area contributed by atoms with Gasteiger partial charge in [-0.3, -0.25) is 9.59 Å². The lowest BCUT2D eigenvalue weighted by molar-refractivity contribution is -0.943. The van der Waals surface area contributed by atoms with E-state index in [0.717, 1.165) is 75.7 Å². The van der Waals surface area contributed by atoms with Crippen LogP contribution >= 0.6 is 0 Å². The molecule has 1 saturated carbocycles. The van der Waals surface area contributed by atoms with E-state index in [1.807, 2.05) is 48.5 Å². The Morgan fingerprint density at radius 2 is 1.46 bits per heavy atom. The second kappa shape index (κ2) is 10.8. The number of carbonyl (C=O) groups is 2. The minimum atomic E-state index is -0.608. The topological polar surface area (TPSA) is 55.4 Å². The maximum Gasteiger partial charge on any atom is 0.317 e. The van der Waals surface area contributed by atoms with E-state index in [4.69, 9.17) is 4.74 Å². The Morgan fingerprint density at radius 1 is 0.886 bits per heavy atom. The number of para-hydroxylation sites is 1. The Bertz CT molecular complexity index is 997. The van der Waals surface area contributed by atoms with Crippen molar-refractivity contribution in [2.24, 2.45) is 5.92 Å². The number of hydrogen-bond donors (Lipinski definition) is 1. The average molecular weight is 542 g/mol. The number of nitrogens with one attached hydrogen (secondary N) is 1. The van der Waals surface area contributed by atoms with Gasteiger partial charge in [-0.05, 0) is 30.5 Å². The van der Waals surface area contributed by atoms with Crippen molar-refractivity contribution >= 4 is 17.6 Å². The Labute approximate surface area is 219 Å². The molecule has 1 N–H and O–H groups in total. The van der Waals surface area contributed by atoms with Crippen molar-refractivity contribution in [2.45, 2.75) is 68.9 Å². The first-order valence-corrected chi connectivity index (χ1v) is 13.0. The van der Waals surface area contributed by atoms with E-state index < -0.39 is 5.41 Å². The third kappa shape index (κ3) is 5.05. The third-order valence-electron chi connectivity index (χ3n) is 8.70. The number of amides is 1. The molecule has 2 bridgehead atoms. The molecule has 188 valence electrons. The predicted octanol–water partition coefficient (Wildman–Crippen LogP) is 2.07. The summed E-state index contributed by atoms with van der Waals surface area (Å²) in [7, 11) is 2.16. The monoisotopic (exact) mass is 540 g/mol. The lowest BCUT2D eigenvalue weighted by Gasteiger charge is -2.54. The molecule has 6 rings (SSSR count). The number of likely N-dealkylation sites (N-methyl/N-ethyl adjacent to an activating group) is 1. The fourth-order valence-electron chi connectivity index (χ4n) is 6.66. The first-order chi connectivity index (χ1) is 16.5. The fourth-order valence-corrected chi connectivity index (χ4v) is 6.66. The summed E-state index contributed by atoms with van der Waals surface area (Å²) >= 11 is 0. The minimum absolute atomic E-state index is 0. The zero-order chi connectivity index (χ0) is 23.6. The van der Waals surface area contributed by atoms with Crippen molar-refractivity contribution in [1.29, 1.82) is 0 Å². The number of benzene rings is 2. The molecule has 4 fully saturated rings. The van der Waals surface area contributed by atoms with Crippen LogP contribution in [0.4, 0.5) is 5.69 Å². The number of anilines is 1. The molecule has 6 heteroatoms. The van der Waals surface area contributed by atoms with Crippen LogP contribution in [-0.2, 0) is 19.7 Å². The highest BCUT2D eigenvalue weighted by atomic mass is 79.9. The molecule has 1 aliphatic carbocycles. The Hall–Kier alpha value is -2.18. The number of piperidine rings is 3. The molecule has 0 spiro atoms. The summed E-state index contributed by atoms with van der Waals surface area (Å²) in [5.41, 5.74) is 1.24. The number of quaternary nitrogens is 1. The van der Waals surface area contributed by atoms with E-state index >= 15 is 0 Å². The van der Waals surface area contributed by atoms with Crippen molar-refractivity contribution in [2.75, 3.05) is 25.5 Å². The molecule has 1 unspecified atom stereocenters. The summed E-state index contributed by atoms with van der Waals surface area (Å²) in [6.07, 6.45) is 7.64. The maximum absolute atomic E-state index is 14.1. The maximum atomic E-state index is 14.1. The first-order valence-electron chi connectivity index (χ1n) is 13.0. The molecular weight excluding hydrogens is 504 g/mol.